The largest absolute Gasteiger partial charge is 0.352 e. The van der Waals surface area contributed by atoms with Crippen LogP contribution in [0.4, 0.5) is 0 Å². The number of rotatable bonds is 7. The van der Waals surface area contributed by atoms with Crippen molar-refractivity contribution in [2.24, 2.45) is 0 Å². The van der Waals surface area contributed by atoms with Crippen molar-refractivity contribution in [3.05, 3.63) is 86.6 Å². The van der Waals surface area contributed by atoms with Gasteiger partial charge in [0.1, 0.15) is 0 Å². The fourth-order valence-electron chi connectivity index (χ4n) is 2.95. The van der Waals surface area contributed by atoms with Crippen molar-refractivity contribution in [2.45, 2.75) is 39.3 Å². The molecule has 0 saturated heterocycles. The molecule has 0 aliphatic rings. The summed E-state index contributed by atoms with van der Waals surface area (Å²) in [7, 11) is 0. The third-order valence-corrected chi connectivity index (χ3v) is 5.16. The van der Waals surface area contributed by atoms with Gasteiger partial charge in [-0.2, -0.15) is 5.10 Å². The molecule has 0 atom stereocenters. The first kappa shape index (κ1) is 21.0. The lowest BCUT2D eigenvalue weighted by Gasteiger charge is -2.10. The van der Waals surface area contributed by atoms with E-state index in [-0.39, 0.29) is 24.4 Å². The van der Waals surface area contributed by atoms with Crippen molar-refractivity contribution in [1.29, 1.82) is 0 Å². The minimum absolute atomic E-state index is 0.120. The minimum Gasteiger partial charge on any atom is -0.352 e. The molecule has 1 heterocycles. The molecule has 2 aromatic carbocycles. The van der Waals surface area contributed by atoms with Crippen LogP contribution in [0.25, 0.3) is 11.3 Å². The van der Waals surface area contributed by atoms with E-state index < -0.39 is 0 Å². The molecule has 0 aliphatic heterocycles. The van der Waals surface area contributed by atoms with Crippen molar-refractivity contribution in [2.75, 3.05) is 0 Å². The normalized spacial score (nSPS) is 10.9. The summed E-state index contributed by atoms with van der Waals surface area (Å²) >= 11 is 3.42. The second kappa shape index (κ2) is 9.65. The molecule has 150 valence electrons. The number of nitrogens with one attached hydrogen (secondary N) is 1. The molecule has 0 radical (unpaired) electrons. The first-order valence-electron chi connectivity index (χ1n) is 9.62. The number of halogens is 1. The molecule has 0 saturated carbocycles. The second-order valence-electron chi connectivity index (χ2n) is 7.21. The predicted octanol–water partition coefficient (Wildman–Crippen LogP) is 4.50. The van der Waals surface area contributed by atoms with Crippen LogP contribution in [-0.4, -0.2) is 15.7 Å². The number of hydrogen-bond acceptors (Lipinski definition) is 3. The maximum Gasteiger partial charge on any atom is 0.266 e. The van der Waals surface area contributed by atoms with Crippen LogP contribution in [0, 0.1) is 0 Å². The van der Waals surface area contributed by atoms with Gasteiger partial charge in [0, 0.05) is 29.1 Å². The van der Waals surface area contributed by atoms with Gasteiger partial charge < -0.3 is 5.32 Å². The van der Waals surface area contributed by atoms with Crippen LogP contribution in [0.3, 0.4) is 0 Å². The van der Waals surface area contributed by atoms with Crippen molar-refractivity contribution < 1.29 is 4.79 Å². The number of carbonyl (C=O) groups is 1. The van der Waals surface area contributed by atoms with Crippen molar-refractivity contribution in [3.63, 3.8) is 0 Å². The van der Waals surface area contributed by atoms with Gasteiger partial charge in [0.2, 0.25) is 5.91 Å². The summed E-state index contributed by atoms with van der Waals surface area (Å²) in [5, 5.41) is 7.31. The molecule has 0 bridgehead atoms. The first-order chi connectivity index (χ1) is 13.9. The first-order valence-corrected chi connectivity index (χ1v) is 10.4. The Morgan fingerprint density at radius 3 is 2.55 bits per heavy atom. The minimum atomic E-state index is -0.215. The molecule has 5 nitrogen and oxygen atoms in total. The SMILES string of the molecule is CC(C)c1ccc(-c2ccc(=O)n(CCC(=O)NCc3cccc(Br)c3)n2)cc1. The summed E-state index contributed by atoms with van der Waals surface area (Å²) in [4.78, 5) is 24.3. The summed E-state index contributed by atoms with van der Waals surface area (Å²) in [6.07, 6.45) is 0.191. The van der Waals surface area contributed by atoms with Crippen LogP contribution in [0.5, 0.6) is 0 Å². The van der Waals surface area contributed by atoms with E-state index in [0.29, 0.717) is 12.5 Å². The molecule has 1 amide bonds. The van der Waals surface area contributed by atoms with Gasteiger partial charge in [-0.15, -0.1) is 0 Å². The van der Waals surface area contributed by atoms with Crippen molar-refractivity contribution in [3.8, 4) is 11.3 Å². The molecule has 0 unspecified atom stereocenters. The Balaban J connectivity index is 1.62. The average Bonchev–Trinajstić information content (AvgIpc) is 2.72. The average molecular weight is 454 g/mol. The lowest BCUT2D eigenvalue weighted by molar-refractivity contribution is -0.121. The van der Waals surface area contributed by atoms with Crippen molar-refractivity contribution in [1.82, 2.24) is 15.1 Å². The second-order valence-corrected chi connectivity index (χ2v) is 8.13. The summed E-state index contributed by atoms with van der Waals surface area (Å²) < 4.78 is 2.32. The highest BCUT2D eigenvalue weighted by Gasteiger charge is 2.08. The molecular weight excluding hydrogens is 430 g/mol. The van der Waals surface area contributed by atoms with Gasteiger partial charge in [-0.05, 0) is 35.2 Å². The van der Waals surface area contributed by atoms with Gasteiger partial charge in [-0.3, -0.25) is 9.59 Å². The molecule has 3 aromatic rings. The number of carbonyl (C=O) groups excluding carboxylic acids is 1. The van der Waals surface area contributed by atoms with E-state index in [1.807, 2.05) is 36.4 Å². The third-order valence-electron chi connectivity index (χ3n) is 4.67. The molecule has 3 rings (SSSR count). The third kappa shape index (κ3) is 5.87. The molecule has 6 heteroatoms. The van der Waals surface area contributed by atoms with Crippen LogP contribution in [-0.2, 0) is 17.9 Å². The number of hydrogen-bond donors (Lipinski definition) is 1. The molecule has 0 spiro atoms. The van der Waals surface area contributed by atoms with Gasteiger partial charge in [-0.1, -0.05) is 66.2 Å². The van der Waals surface area contributed by atoms with Crippen LogP contribution in [0.2, 0.25) is 0 Å². The van der Waals surface area contributed by atoms with Gasteiger partial charge in [0.25, 0.3) is 5.56 Å². The van der Waals surface area contributed by atoms with Gasteiger partial charge in [0.05, 0.1) is 12.2 Å². The predicted molar refractivity (Wildman–Crippen MR) is 119 cm³/mol. The van der Waals surface area contributed by atoms with Gasteiger partial charge in [0.15, 0.2) is 0 Å². The topological polar surface area (TPSA) is 64.0 Å². The smallest absolute Gasteiger partial charge is 0.266 e. The Kier molecular flexibility index (Phi) is 6.99. The number of aryl methyl sites for hydroxylation is 1. The Morgan fingerprint density at radius 2 is 1.86 bits per heavy atom. The summed E-state index contributed by atoms with van der Waals surface area (Å²) in [5.74, 6) is 0.340. The summed E-state index contributed by atoms with van der Waals surface area (Å²) in [6, 6.07) is 19.2. The monoisotopic (exact) mass is 453 g/mol. The highest BCUT2D eigenvalue weighted by molar-refractivity contribution is 9.10. The highest BCUT2D eigenvalue weighted by Crippen LogP contribution is 2.20. The Bertz CT molecular complexity index is 1040. The quantitative estimate of drug-likeness (QED) is 0.572. The Morgan fingerprint density at radius 1 is 1.10 bits per heavy atom. The van der Waals surface area contributed by atoms with E-state index in [1.165, 1.54) is 16.3 Å². The Labute approximate surface area is 178 Å². The van der Waals surface area contributed by atoms with Gasteiger partial charge >= 0.3 is 0 Å². The van der Waals surface area contributed by atoms with E-state index >= 15 is 0 Å². The lowest BCUT2D eigenvalue weighted by atomic mass is 10.0. The maximum atomic E-state index is 12.2. The molecule has 1 N–H and O–H groups in total. The van der Waals surface area contributed by atoms with Crippen molar-refractivity contribution >= 4 is 21.8 Å². The standard InChI is InChI=1S/C23H24BrN3O2/c1-16(2)18-6-8-19(9-7-18)21-10-11-23(29)27(26-21)13-12-22(28)25-15-17-4-3-5-20(24)14-17/h3-11,14,16H,12-13,15H2,1-2H3,(H,25,28). The van der Waals surface area contributed by atoms with Gasteiger partial charge in [-0.25, -0.2) is 4.68 Å². The molecule has 1 aromatic heterocycles. The zero-order chi connectivity index (χ0) is 20.8. The van der Waals surface area contributed by atoms with Crippen LogP contribution in [0.15, 0.2) is 69.9 Å². The molecule has 29 heavy (non-hydrogen) atoms. The zero-order valence-corrected chi connectivity index (χ0v) is 18.1. The molecule has 0 fully saturated rings. The lowest BCUT2D eigenvalue weighted by Crippen LogP contribution is -2.28. The molecule has 0 aliphatic carbocycles. The Hall–Kier alpha value is -2.73. The number of benzene rings is 2. The fraction of sp³-hybridized carbons (Fsp3) is 0.261. The summed E-state index contributed by atoms with van der Waals surface area (Å²) in [6.45, 7) is 4.98. The van der Waals surface area contributed by atoms with E-state index in [2.05, 4.69) is 52.3 Å². The van der Waals surface area contributed by atoms with E-state index in [0.717, 1.165) is 21.3 Å². The number of amides is 1. The van der Waals surface area contributed by atoms with Crippen LogP contribution < -0.4 is 10.9 Å². The van der Waals surface area contributed by atoms with Crippen LogP contribution >= 0.6 is 15.9 Å². The molecular formula is C23H24BrN3O2. The fourth-order valence-corrected chi connectivity index (χ4v) is 3.39. The van der Waals surface area contributed by atoms with E-state index in [1.54, 1.807) is 6.07 Å². The number of aromatic nitrogens is 2. The van der Waals surface area contributed by atoms with Crippen LogP contribution in [0.1, 0.15) is 37.3 Å². The van der Waals surface area contributed by atoms with E-state index in [9.17, 15) is 9.59 Å². The number of nitrogens with zero attached hydrogens (tertiary/aromatic N) is 2. The van der Waals surface area contributed by atoms with E-state index in [4.69, 9.17) is 0 Å². The maximum absolute atomic E-state index is 12.2. The zero-order valence-electron chi connectivity index (χ0n) is 16.6. The highest BCUT2D eigenvalue weighted by atomic mass is 79.9. The summed E-state index contributed by atoms with van der Waals surface area (Å²) in [5.41, 5.74) is 3.71.